The minimum Gasteiger partial charge on any atom is -0.497 e. The fourth-order valence-corrected chi connectivity index (χ4v) is 6.09. The number of nitrogens with one attached hydrogen (secondary N) is 1. The zero-order valence-corrected chi connectivity index (χ0v) is 25.2. The van der Waals surface area contributed by atoms with E-state index in [0.717, 1.165) is 16.2 Å². The second kappa shape index (κ2) is 13.1. The first kappa shape index (κ1) is 29.1. The average molecular weight is 607 g/mol. The first-order valence-electron chi connectivity index (χ1n) is 13.0. The van der Waals surface area contributed by atoms with Crippen molar-refractivity contribution in [2.75, 3.05) is 27.1 Å². The molecule has 1 aliphatic heterocycles. The zero-order chi connectivity index (χ0) is 29.6. The minimum atomic E-state index is -0.359. The van der Waals surface area contributed by atoms with Gasteiger partial charge in [0.05, 0.1) is 50.3 Å². The maximum Gasteiger partial charge on any atom is 0.253 e. The molecule has 1 N–H and O–H groups in total. The molecule has 42 heavy (non-hydrogen) atoms. The molecular weight excluding hydrogens is 576 g/mol. The smallest absolute Gasteiger partial charge is 0.253 e. The van der Waals surface area contributed by atoms with Crippen LogP contribution < -0.4 is 19.5 Å². The predicted molar refractivity (Wildman–Crippen MR) is 160 cm³/mol. The molecule has 11 nitrogen and oxygen atoms in total. The van der Waals surface area contributed by atoms with E-state index in [0.29, 0.717) is 40.2 Å². The number of methoxy groups -OCH3 is 3. The Morgan fingerprint density at radius 3 is 2.62 bits per heavy atom. The summed E-state index contributed by atoms with van der Waals surface area (Å²) < 4.78 is 18.1. The number of amides is 2. The highest BCUT2D eigenvalue weighted by Gasteiger charge is 2.36. The lowest BCUT2D eigenvalue weighted by atomic mass is 9.99. The third-order valence-electron chi connectivity index (χ3n) is 6.75. The fraction of sp³-hybridized carbons (Fsp3) is 0.276. The molecular formula is C29H30N6O5S2. The van der Waals surface area contributed by atoms with Gasteiger partial charge in [0.25, 0.3) is 11.8 Å². The first-order valence-corrected chi connectivity index (χ1v) is 14.9. The Morgan fingerprint density at radius 2 is 1.88 bits per heavy atom. The number of hydrogen-bond donors (Lipinski definition) is 1. The summed E-state index contributed by atoms with van der Waals surface area (Å²) in [5, 5.41) is 20.1. The molecule has 0 spiro atoms. The highest BCUT2D eigenvalue weighted by molar-refractivity contribution is 7.99. The number of aromatic nitrogens is 3. The van der Waals surface area contributed by atoms with Gasteiger partial charge in [-0.1, -0.05) is 36.0 Å². The van der Waals surface area contributed by atoms with Crippen LogP contribution in [0.5, 0.6) is 17.2 Å². The van der Waals surface area contributed by atoms with Gasteiger partial charge in [-0.25, -0.2) is 5.01 Å². The van der Waals surface area contributed by atoms with Crippen molar-refractivity contribution >= 4 is 40.6 Å². The summed E-state index contributed by atoms with van der Waals surface area (Å²) in [5.74, 6) is 1.97. The Morgan fingerprint density at radius 1 is 1.05 bits per heavy atom. The maximum absolute atomic E-state index is 13.6. The predicted octanol–water partition coefficient (Wildman–Crippen LogP) is 4.30. The molecule has 0 saturated carbocycles. The van der Waals surface area contributed by atoms with Crippen LogP contribution in [-0.4, -0.2) is 64.4 Å². The summed E-state index contributed by atoms with van der Waals surface area (Å²) >= 11 is 2.84. The van der Waals surface area contributed by atoms with E-state index < -0.39 is 0 Å². The van der Waals surface area contributed by atoms with E-state index in [2.05, 4.69) is 15.5 Å². The number of ether oxygens (including phenoxy) is 3. The molecule has 0 saturated heterocycles. The Bertz CT molecular complexity index is 1600. The van der Waals surface area contributed by atoms with Crippen LogP contribution in [0.15, 0.2) is 70.2 Å². The molecule has 0 radical (unpaired) electrons. The number of para-hydroxylation sites is 1. The summed E-state index contributed by atoms with van der Waals surface area (Å²) in [6, 6.07) is 16.1. The Labute approximate surface area is 251 Å². The number of hydrazone groups is 1. The summed E-state index contributed by atoms with van der Waals surface area (Å²) in [5.41, 5.74) is 2.14. The lowest BCUT2D eigenvalue weighted by Crippen LogP contribution is -2.29. The number of nitrogens with zero attached hydrogens (tertiary/aromatic N) is 5. The molecule has 4 aromatic rings. The topological polar surface area (TPSA) is 120 Å². The van der Waals surface area contributed by atoms with Gasteiger partial charge in [-0.05, 0) is 35.7 Å². The van der Waals surface area contributed by atoms with Crippen LogP contribution in [-0.2, 0) is 18.4 Å². The van der Waals surface area contributed by atoms with Gasteiger partial charge in [0.1, 0.15) is 5.75 Å². The number of hydrogen-bond acceptors (Lipinski definition) is 10. The van der Waals surface area contributed by atoms with E-state index in [4.69, 9.17) is 19.3 Å². The normalized spacial score (nSPS) is 14.4. The molecule has 13 heteroatoms. The zero-order valence-electron chi connectivity index (χ0n) is 23.6. The van der Waals surface area contributed by atoms with Gasteiger partial charge in [0.15, 0.2) is 22.5 Å². The molecule has 5 rings (SSSR count). The second-order valence-electron chi connectivity index (χ2n) is 9.23. The molecule has 2 amide bonds. The molecule has 3 heterocycles. The summed E-state index contributed by atoms with van der Waals surface area (Å²) in [7, 11) is 6.52. The second-order valence-corrected chi connectivity index (χ2v) is 11.1. The van der Waals surface area contributed by atoms with Crippen molar-refractivity contribution in [1.82, 2.24) is 25.1 Å². The SMILES string of the molecule is COc1cccc(C(=O)NCc2nnc(SCC(=O)N3N=C(c4cccs4)CC3c3cccc(OC)c3OC)n2C)c1. The first-order chi connectivity index (χ1) is 20.4. The standard InChI is InChI=1S/C29H30N6O5S2/c1-34-25(16-30-28(37)18-8-5-9-19(14-18)38-2)31-32-29(34)42-17-26(36)35-22(15-21(33-35)24-12-7-13-41-24)20-10-6-11-23(39-3)27(20)40-4/h5-14,22H,15-17H2,1-4H3,(H,30,37). The monoisotopic (exact) mass is 606 g/mol. The summed E-state index contributed by atoms with van der Waals surface area (Å²) in [6.45, 7) is 0.173. The van der Waals surface area contributed by atoms with Crippen molar-refractivity contribution in [3.8, 4) is 17.2 Å². The van der Waals surface area contributed by atoms with Gasteiger partial charge >= 0.3 is 0 Å². The molecule has 0 aliphatic carbocycles. The number of rotatable bonds is 11. The van der Waals surface area contributed by atoms with Crippen LogP contribution in [0.2, 0.25) is 0 Å². The van der Waals surface area contributed by atoms with E-state index >= 15 is 0 Å². The van der Waals surface area contributed by atoms with E-state index in [-0.39, 0.29) is 30.2 Å². The lowest BCUT2D eigenvalue weighted by Gasteiger charge is -2.24. The van der Waals surface area contributed by atoms with Crippen LogP contribution in [0.4, 0.5) is 0 Å². The van der Waals surface area contributed by atoms with Crippen molar-refractivity contribution in [2.45, 2.75) is 24.2 Å². The third-order valence-corrected chi connectivity index (χ3v) is 8.68. The number of carbonyl (C=O) groups excluding carboxylic acids is 2. The highest BCUT2D eigenvalue weighted by Crippen LogP contribution is 2.42. The van der Waals surface area contributed by atoms with Crippen molar-refractivity contribution in [2.24, 2.45) is 12.1 Å². The van der Waals surface area contributed by atoms with Gasteiger partial charge in [0.2, 0.25) is 0 Å². The molecule has 218 valence electrons. The minimum absolute atomic E-state index is 0.0894. The number of thiophene rings is 1. The lowest BCUT2D eigenvalue weighted by molar-refractivity contribution is -0.130. The molecule has 1 unspecified atom stereocenters. The van der Waals surface area contributed by atoms with Crippen molar-refractivity contribution in [3.05, 3.63) is 81.8 Å². The molecule has 2 aromatic carbocycles. The van der Waals surface area contributed by atoms with Crippen molar-refractivity contribution in [3.63, 3.8) is 0 Å². The van der Waals surface area contributed by atoms with E-state index in [1.54, 1.807) is 68.5 Å². The third kappa shape index (κ3) is 6.11. The van der Waals surface area contributed by atoms with Crippen LogP contribution in [0.3, 0.4) is 0 Å². The number of carbonyl (C=O) groups is 2. The van der Waals surface area contributed by atoms with Gasteiger partial charge < -0.3 is 24.1 Å². The maximum atomic E-state index is 13.6. The molecule has 0 fully saturated rings. The van der Waals surface area contributed by atoms with E-state index in [1.165, 1.54) is 16.8 Å². The Balaban J connectivity index is 1.29. The van der Waals surface area contributed by atoms with Gasteiger partial charge in [-0.3, -0.25) is 9.59 Å². The van der Waals surface area contributed by atoms with E-state index in [9.17, 15) is 9.59 Å². The largest absolute Gasteiger partial charge is 0.497 e. The summed E-state index contributed by atoms with van der Waals surface area (Å²) in [4.78, 5) is 27.2. The highest BCUT2D eigenvalue weighted by atomic mass is 32.2. The van der Waals surface area contributed by atoms with Gasteiger partial charge in [-0.15, -0.1) is 21.5 Å². The molecule has 1 aliphatic rings. The van der Waals surface area contributed by atoms with Crippen LogP contribution >= 0.6 is 23.1 Å². The Hall–Kier alpha value is -4.36. The van der Waals surface area contributed by atoms with Gasteiger partial charge in [0, 0.05) is 24.6 Å². The summed E-state index contributed by atoms with van der Waals surface area (Å²) in [6.07, 6.45) is 0.543. The van der Waals surface area contributed by atoms with Crippen LogP contribution in [0.25, 0.3) is 0 Å². The molecule has 2 aromatic heterocycles. The average Bonchev–Trinajstić information content (AvgIpc) is 3.79. The Kier molecular flexibility index (Phi) is 9.08. The molecule has 1 atom stereocenters. The van der Waals surface area contributed by atoms with Crippen molar-refractivity contribution < 1.29 is 23.8 Å². The fourth-order valence-electron chi connectivity index (χ4n) is 4.59. The van der Waals surface area contributed by atoms with Crippen LogP contribution in [0, 0.1) is 0 Å². The van der Waals surface area contributed by atoms with Gasteiger partial charge in [-0.2, -0.15) is 5.10 Å². The van der Waals surface area contributed by atoms with Crippen LogP contribution in [0.1, 0.15) is 39.1 Å². The van der Waals surface area contributed by atoms with Crippen molar-refractivity contribution in [1.29, 1.82) is 0 Å². The molecule has 0 bridgehead atoms. The number of benzene rings is 2. The quantitative estimate of drug-likeness (QED) is 0.251. The van der Waals surface area contributed by atoms with E-state index in [1.807, 2.05) is 35.7 Å². The number of thioether (sulfide) groups is 1.